The number of hydrogen-bond acceptors (Lipinski definition) is 5. The van der Waals surface area contributed by atoms with E-state index in [4.69, 9.17) is 0 Å². The highest BCUT2D eigenvalue weighted by atomic mass is 19.3. The maximum absolute atomic E-state index is 12.8. The van der Waals surface area contributed by atoms with Crippen LogP contribution in [0.4, 0.5) is 14.5 Å². The van der Waals surface area contributed by atoms with Crippen LogP contribution in [0.3, 0.4) is 0 Å². The lowest BCUT2D eigenvalue weighted by Gasteiger charge is -2.06. The zero-order chi connectivity index (χ0) is 15.5. The molecule has 6 nitrogen and oxygen atoms in total. The first kappa shape index (κ1) is 14.8. The Hall–Kier alpha value is -2.64. The van der Waals surface area contributed by atoms with Gasteiger partial charge in [-0.05, 0) is 19.1 Å². The van der Waals surface area contributed by atoms with Gasteiger partial charge in [-0.25, -0.2) is 4.79 Å². The highest BCUT2D eigenvalue weighted by Crippen LogP contribution is 2.42. The van der Waals surface area contributed by atoms with Gasteiger partial charge in [-0.1, -0.05) is 6.08 Å². The fourth-order valence-corrected chi connectivity index (χ4v) is 1.54. The third-order valence-corrected chi connectivity index (χ3v) is 2.33. The minimum atomic E-state index is -3.72. The molecule has 0 aliphatic carbocycles. The van der Waals surface area contributed by atoms with Crippen LogP contribution in [0, 0.1) is 0 Å². The SMILES string of the molecule is CC=CC(=O)OCC(=O)Nc1ccc2c(c1)OC(F)(F)O2. The largest absolute Gasteiger partial charge is 0.586 e. The van der Waals surface area contributed by atoms with Crippen LogP contribution in [0.15, 0.2) is 30.4 Å². The quantitative estimate of drug-likeness (QED) is 0.680. The summed E-state index contributed by atoms with van der Waals surface area (Å²) in [7, 11) is 0. The Morgan fingerprint density at radius 2 is 2.05 bits per heavy atom. The van der Waals surface area contributed by atoms with Gasteiger partial charge in [-0.3, -0.25) is 4.79 Å². The van der Waals surface area contributed by atoms with Crippen LogP contribution in [-0.4, -0.2) is 24.8 Å². The molecule has 0 atom stereocenters. The first-order chi connectivity index (χ1) is 9.89. The lowest BCUT2D eigenvalue weighted by Crippen LogP contribution is -2.25. The third kappa shape index (κ3) is 3.91. The Kier molecular flexibility index (Phi) is 4.06. The monoisotopic (exact) mass is 299 g/mol. The smallest absolute Gasteiger partial charge is 0.452 e. The molecule has 8 heteroatoms. The van der Waals surface area contributed by atoms with Crippen molar-refractivity contribution in [2.45, 2.75) is 13.2 Å². The Morgan fingerprint density at radius 3 is 2.76 bits per heavy atom. The molecule has 0 saturated heterocycles. The third-order valence-electron chi connectivity index (χ3n) is 2.33. The number of nitrogens with one attached hydrogen (secondary N) is 1. The molecule has 0 spiro atoms. The molecule has 0 bridgehead atoms. The van der Waals surface area contributed by atoms with E-state index in [-0.39, 0.29) is 17.2 Å². The number of ether oxygens (including phenoxy) is 3. The van der Waals surface area contributed by atoms with Gasteiger partial charge in [0.2, 0.25) is 0 Å². The fourth-order valence-electron chi connectivity index (χ4n) is 1.54. The number of rotatable bonds is 4. The van der Waals surface area contributed by atoms with E-state index in [2.05, 4.69) is 19.5 Å². The van der Waals surface area contributed by atoms with Crippen molar-refractivity contribution < 1.29 is 32.6 Å². The minimum Gasteiger partial charge on any atom is -0.452 e. The van der Waals surface area contributed by atoms with Crippen LogP contribution < -0.4 is 14.8 Å². The van der Waals surface area contributed by atoms with Crippen molar-refractivity contribution in [1.29, 1.82) is 0 Å². The van der Waals surface area contributed by atoms with Crippen LogP contribution >= 0.6 is 0 Å². The van der Waals surface area contributed by atoms with Crippen molar-refractivity contribution in [3.8, 4) is 11.5 Å². The summed E-state index contributed by atoms with van der Waals surface area (Å²) in [6.07, 6.45) is -1.08. The lowest BCUT2D eigenvalue weighted by atomic mass is 10.3. The van der Waals surface area contributed by atoms with Crippen molar-refractivity contribution in [3.63, 3.8) is 0 Å². The molecule has 0 fully saturated rings. The average molecular weight is 299 g/mol. The Balaban J connectivity index is 1.93. The van der Waals surface area contributed by atoms with Crippen molar-refractivity contribution >= 4 is 17.6 Å². The molecular formula is C13H11F2NO5. The number of amides is 1. The van der Waals surface area contributed by atoms with Gasteiger partial charge in [0.1, 0.15) is 0 Å². The van der Waals surface area contributed by atoms with E-state index in [0.29, 0.717) is 0 Å². The molecule has 21 heavy (non-hydrogen) atoms. The summed E-state index contributed by atoms with van der Waals surface area (Å²) in [5.74, 6) is -1.59. The number of allylic oxidation sites excluding steroid dienone is 1. The van der Waals surface area contributed by atoms with E-state index in [1.54, 1.807) is 6.92 Å². The van der Waals surface area contributed by atoms with Gasteiger partial charge in [0.25, 0.3) is 5.91 Å². The first-order valence-electron chi connectivity index (χ1n) is 5.89. The van der Waals surface area contributed by atoms with Crippen molar-refractivity contribution in [2.75, 3.05) is 11.9 Å². The predicted molar refractivity (Wildman–Crippen MR) is 67.0 cm³/mol. The Bertz CT molecular complexity index is 600. The second-order valence-electron chi connectivity index (χ2n) is 3.98. The maximum atomic E-state index is 12.8. The molecule has 1 aliphatic heterocycles. The molecule has 1 aromatic rings. The zero-order valence-electron chi connectivity index (χ0n) is 10.9. The summed E-state index contributed by atoms with van der Waals surface area (Å²) in [6.45, 7) is 1.14. The summed E-state index contributed by atoms with van der Waals surface area (Å²) >= 11 is 0. The van der Waals surface area contributed by atoms with Crippen molar-refractivity contribution in [3.05, 3.63) is 30.4 Å². The minimum absolute atomic E-state index is 0.127. The number of fused-ring (bicyclic) bond motifs is 1. The number of carbonyl (C=O) groups is 2. The number of halogens is 2. The Morgan fingerprint density at radius 1 is 1.33 bits per heavy atom. The topological polar surface area (TPSA) is 73.9 Å². The molecule has 0 saturated carbocycles. The van der Waals surface area contributed by atoms with E-state index in [1.807, 2.05) is 0 Å². The number of hydrogen-bond donors (Lipinski definition) is 1. The summed E-state index contributed by atoms with van der Waals surface area (Å²) in [6, 6.07) is 3.77. The van der Waals surface area contributed by atoms with Gasteiger partial charge in [0.05, 0.1) is 0 Å². The highest BCUT2D eigenvalue weighted by molar-refractivity contribution is 5.94. The molecular weight excluding hydrogens is 288 g/mol. The van der Waals surface area contributed by atoms with Gasteiger partial charge >= 0.3 is 12.3 Å². The van der Waals surface area contributed by atoms with Crippen LogP contribution in [0.1, 0.15) is 6.92 Å². The van der Waals surface area contributed by atoms with Crippen LogP contribution in [-0.2, 0) is 14.3 Å². The van der Waals surface area contributed by atoms with Gasteiger partial charge < -0.3 is 19.5 Å². The molecule has 1 aliphatic rings. The van der Waals surface area contributed by atoms with Gasteiger partial charge in [0, 0.05) is 17.8 Å². The van der Waals surface area contributed by atoms with Gasteiger partial charge in [0.15, 0.2) is 18.1 Å². The number of esters is 1. The lowest BCUT2D eigenvalue weighted by molar-refractivity contribution is -0.286. The molecule has 2 rings (SSSR count). The normalized spacial score (nSPS) is 15.0. The number of anilines is 1. The van der Waals surface area contributed by atoms with Gasteiger partial charge in [-0.2, -0.15) is 0 Å². The fraction of sp³-hybridized carbons (Fsp3) is 0.231. The van der Waals surface area contributed by atoms with Crippen LogP contribution in [0.25, 0.3) is 0 Å². The molecule has 112 valence electrons. The molecule has 1 heterocycles. The average Bonchev–Trinajstić information content (AvgIpc) is 2.70. The molecule has 0 unspecified atom stereocenters. The number of benzene rings is 1. The Labute approximate surface area is 118 Å². The van der Waals surface area contributed by atoms with Gasteiger partial charge in [-0.15, -0.1) is 8.78 Å². The molecule has 0 radical (unpaired) electrons. The van der Waals surface area contributed by atoms with Crippen LogP contribution in [0.5, 0.6) is 11.5 Å². The standard InChI is InChI=1S/C13H11F2NO5/c1-2-3-12(18)19-7-11(17)16-8-4-5-9-10(6-8)21-13(14,15)20-9/h2-6H,7H2,1H3,(H,16,17). The molecule has 1 N–H and O–H groups in total. The van der Waals surface area contributed by atoms with E-state index in [0.717, 1.165) is 6.08 Å². The summed E-state index contributed by atoms with van der Waals surface area (Å²) in [5, 5.41) is 2.38. The second kappa shape index (κ2) is 5.78. The van der Waals surface area contributed by atoms with E-state index < -0.39 is 24.8 Å². The van der Waals surface area contributed by atoms with Crippen molar-refractivity contribution in [2.24, 2.45) is 0 Å². The van der Waals surface area contributed by atoms with E-state index in [9.17, 15) is 18.4 Å². The van der Waals surface area contributed by atoms with E-state index in [1.165, 1.54) is 24.3 Å². The number of carbonyl (C=O) groups excluding carboxylic acids is 2. The van der Waals surface area contributed by atoms with Crippen LogP contribution in [0.2, 0.25) is 0 Å². The summed E-state index contributed by atoms with van der Waals surface area (Å²) in [5.41, 5.74) is 0.210. The van der Waals surface area contributed by atoms with Crippen molar-refractivity contribution in [1.82, 2.24) is 0 Å². The number of alkyl halides is 2. The molecule has 1 aromatic carbocycles. The predicted octanol–water partition coefficient (Wildman–Crippen LogP) is 2.07. The molecule has 1 amide bonds. The highest BCUT2D eigenvalue weighted by Gasteiger charge is 2.43. The summed E-state index contributed by atoms with van der Waals surface area (Å²) < 4.78 is 38.7. The van der Waals surface area contributed by atoms with E-state index >= 15 is 0 Å². The summed E-state index contributed by atoms with van der Waals surface area (Å²) in [4.78, 5) is 22.5. The maximum Gasteiger partial charge on any atom is 0.586 e. The second-order valence-corrected chi connectivity index (χ2v) is 3.98. The molecule has 0 aromatic heterocycles. The zero-order valence-corrected chi connectivity index (χ0v) is 10.9. The first-order valence-corrected chi connectivity index (χ1v) is 5.89.